The highest BCUT2D eigenvalue weighted by molar-refractivity contribution is 14.1. The van der Waals surface area contributed by atoms with Crippen LogP contribution in [0.1, 0.15) is 5.56 Å². The Bertz CT molecular complexity index is 376. The SMILES string of the molecule is C=C[C@@H](I)Cc1cccc(OCC(F)(F)F)c1. The van der Waals surface area contributed by atoms with Crippen molar-refractivity contribution in [3.63, 3.8) is 0 Å². The highest BCUT2D eigenvalue weighted by Crippen LogP contribution is 2.21. The predicted molar refractivity (Wildman–Crippen MR) is 69.7 cm³/mol. The molecule has 1 aromatic carbocycles. The molecule has 0 saturated carbocycles. The first-order valence-electron chi connectivity index (χ1n) is 4.96. The Labute approximate surface area is 112 Å². The molecule has 0 bridgehead atoms. The molecule has 1 atom stereocenters. The van der Waals surface area contributed by atoms with E-state index in [4.69, 9.17) is 0 Å². The van der Waals surface area contributed by atoms with Crippen LogP contribution in [0.5, 0.6) is 5.75 Å². The van der Waals surface area contributed by atoms with Crippen molar-refractivity contribution < 1.29 is 17.9 Å². The Kier molecular flexibility index (Phi) is 5.30. The lowest BCUT2D eigenvalue weighted by molar-refractivity contribution is -0.153. The first-order valence-corrected chi connectivity index (χ1v) is 6.20. The second-order valence-electron chi connectivity index (χ2n) is 3.51. The predicted octanol–water partition coefficient (Wildman–Crippen LogP) is 4.16. The molecular formula is C12H12F3IO. The Morgan fingerprint density at radius 3 is 2.71 bits per heavy atom. The maximum atomic E-state index is 12.0. The third-order valence-corrected chi connectivity index (χ3v) is 2.94. The van der Waals surface area contributed by atoms with Crippen LogP contribution in [-0.4, -0.2) is 16.7 Å². The van der Waals surface area contributed by atoms with Gasteiger partial charge >= 0.3 is 6.18 Å². The molecule has 0 aliphatic carbocycles. The van der Waals surface area contributed by atoms with Crippen LogP contribution in [0.15, 0.2) is 36.9 Å². The van der Waals surface area contributed by atoms with E-state index >= 15 is 0 Å². The smallest absolute Gasteiger partial charge is 0.422 e. The van der Waals surface area contributed by atoms with Gasteiger partial charge in [-0.15, -0.1) is 6.58 Å². The van der Waals surface area contributed by atoms with Crippen LogP contribution in [-0.2, 0) is 6.42 Å². The summed E-state index contributed by atoms with van der Waals surface area (Å²) in [6.07, 6.45) is -1.78. The maximum absolute atomic E-state index is 12.0. The first-order chi connectivity index (χ1) is 7.90. The summed E-state index contributed by atoms with van der Waals surface area (Å²) in [6.45, 7) is 2.40. The Morgan fingerprint density at radius 1 is 1.41 bits per heavy atom. The summed E-state index contributed by atoms with van der Waals surface area (Å²) in [5.74, 6) is 0.243. The lowest BCUT2D eigenvalue weighted by atomic mass is 10.1. The zero-order valence-electron chi connectivity index (χ0n) is 9.01. The second kappa shape index (κ2) is 6.28. The largest absolute Gasteiger partial charge is 0.484 e. The minimum absolute atomic E-state index is 0.243. The van der Waals surface area contributed by atoms with Gasteiger partial charge in [-0.1, -0.05) is 40.8 Å². The molecule has 1 rings (SSSR count). The van der Waals surface area contributed by atoms with Crippen LogP contribution in [0.2, 0.25) is 0 Å². The third kappa shape index (κ3) is 5.95. The average Bonchev–Trinajstić information content (AvgIpc) is 2.26. The zero-order chi connectivity index (χ0) is 12.9. The molecule has 5 heteroatoms. The fraction of sp³-hybridized carbons (Fsp3) is 0.333. The highest BCUT2D eigenvalue weighted by Gasteiger charge is 2.28. The fourth-order valence-corrected chi connectivity index (χ4v) is 1.74. The summed E-state index contributed by atoms with van der Waals surface area (Å²) >= 11 is 2.22. The highest BCUT2D eigenvalue weighted by atomic mass is 127. The fourth-order valence-electron chi connectivity index (χ4n) is 1.24. The molecule has 0 fully saturated rings. The van der Waals surface area contributed by atoms with E-state index in [1.165, 1.54) is 6.07 Å². The molecule has 17 heavy (non-hydrogen) atoms. The van der Waals surface area contributed by atoms with Crippen LogP contribution in [0.3, 0.4) is 0 Å². The number of alkyl halides is 4. The first kappa shape index (κ1) is 14.3. The summed E-state index contributed by atoms with van der Waals surface area (Å²) in [4.78, 5) is 0. The lowest BCUT2D eigenvalue weighted by Crippen LogP contribution is -2.19. The van der Waals surface area contributed by atoms with Gasteiger partial charge in [-0.3, -0.25) is 0 Å². The summed E-state index contributed by atoms with van der Waals surface area (Å²) in [5.41, 5.74) is 0.934. The minimum Gasteiger partial charge on any atom is -0.484 e. The van der Waals surface area contributed by atoms with Crippen molar-refractivity contribution in [2.24, 2.45) is 0 Å². The van der Waals surface area contributed by atoms with Crippen LogP contribution in [0, 0.1) is 0 Å². The summed E-state index contributed by atoms with van der Waals surface area (Å²) < 4.78 is 40.8. The second-order valence-corrected chi connectivity index (χ2v) is 5.11. The number of hydrogen-bond donors (Lipinski definition) is 0. The van der Waals surface area contributed by atoms with Crippen molar-refractivity contribution >= 4 is 22.6 Å². The van der Waals surface area contributed by atoms with E-state index in [0.717, 1.165) is 12.0 Å². The topological polar surface area (TPSA) is 9.23 Å². The number of benzene rings is 1. The van der Waals surface area contributed by atoms with E-state index < -0.39 is 12.8 Å². The van der Waals surface area contributed by atoms with Gasteiger partial charge in [-0.25, -0.2) is 0 Å². The number of ether oxygens (including phenoxy) is 1. The number of rotatable bonds is 5. The lowest BCUT2D eigenvalue weighted by Gasteiger charge is -2.10. The van der Waals surface area contributed by atoms with Gasteiger partial charge in [-0.2, -0.15) is 13.2 Å². The maximum Gasteiger partial charge on any atom is 0.422 e. The van der Waals surface area contributed by atoms with Crippen molar-refractivity contribution in [1.82, 2.24) is 0 Å². The quantitative estimate of drug-likeness (QED) is 0.437. The van der Waals surface area contributed by atoms with Gasteiger partial charge in [0, 0.05) is 3.92 Å². The summed E-state index contributed by atoms with van der Waals surface area (Å²) in [7, 11) is 0. The van der Waals surface area contributed by atoms with E-state index in [-0.39, 0.29) is 9.67 Å². The van der Waals surface area contributed by atoms with Crippen molar-refractivity contribution in [2.45, 2.75) is 16.5 Å². The third-order valence-electron chi connectivity index (χ3n) is 1.99. The summed E-state index contributed by atoms with van der Waals surface area (Å²) in [5, 5.41) is 0. The molecule has 0 unspecified atom stereocenters. The van der Waals surface area contributed by atoms with Crippen LogP contribution in [0.25, 0.3) is 0 Å². The Morgan fingerprint density at radius 2 is 2.12 bits per heavy atom. The van der Waals surface area contributed by atoms with Crippen LogP contribution < -0.4 is 4.74 Å². The standard InChI is InChI=1S/C12H12F3IO/c1-2-10(16)6-9-4-3-5-11(7-9)17-8-12(13,14)15/h2-5,7,10H,1,6,8H2/t10-/m1/s1. The average molecular weight is 356 g/mol. The van der Waals surface area contributed by atoms with Crippen molar-refractivity contribution in [3.05, 3.63) is 42.5 Å². The minimum atomic E-state index is -4.30. The zero-order valence-corrected chi connectivity index (χ0v) is 11.2. The molecule has 0 spiro atoms. The summed E-state index contributed by atoms with van der Waals surface area (Å²) in [6, 6.07) is 6.69. The molecule has 0 aromatic heterocycles. The van der Waals surface area contributed by atoms with E-state index in [1.54, 1.807) is 18.2 Å². The molecule has 0 amide bonds. The van der Waals surface area contributed by atoms with Gasteiger partial charge in [0.15, 0.2) is 6.61 Å². The van der Waals surface area contributed by atoms with Crippen LogP contribution >= 0.6 is 22.6 Å². The van der Waals surface area contributed by atoms with E-state index in [1.807, 2.05) is 6.07 Å². The molecule has 1 aromatic rings. The molecular weight excluding hydrogens is 344 g/mol. The van der Waals surface area contributed by atoms with Gasteiger partial charge in [0.25, 0.3) is 0 Å². The molecule has 94 valence electrons. The Hall–Kier alpha value is -0.720. The van der Waals surface area contributed by atoms with E-state index in [0.29, 0.717) is 0 Å². The molecule has 0 aliphatic rings. The van der Waals surface area contributed by atoms with E-state index in [9.17, 15) is 13.2 Å². The van der Waals surface area contributed by atoms with Gasteiger partial charge in [-0.05, 0) is 24.1 Å². The van der Waals surface area contributed by atoms with Crippen molar-refractivity contribution in [2.75, 3.05) is 6.61 Å². The Balaban J connectivity index is 2.62. The molecule has 0 N–H and O–H groups in total. The number of hydrogen-bond acceptors (Lipinski definition) is 1. The molecule has 0 heterocycles. The van der Waals surface area contributed by atoms with Gasteiger partial charge in [0.05, 0.1) is 0 Å². The molecule has 0 aliphatic heterocycles. The molecule has 0 saturated heterocycles. The van der Waals surface area contributed by atoms with E-state index in [2.05, 4.69) is 33.9 Å². The molecule has 1 nitrogen and oxygen atoms in total. The van der Waals surface area contributed by atoms with Crippen LogP contribution in [0.4, 0.5) is 13.2 Å². The number of allylic oxidation sites excluding steroid dienone is 1. The molecule has 0 radical (unpaired) electrons. The van der Waals surface area contributed by atoms with Gasteiger partial charge in [0.2, 0.25) is 0 Å². The van der Waals surface area contributed by atoms with Crippen molar-refractivity contribution in [3.8, 4) is 5.75 Å². The monoisotopic (exact) mass is 356 g/mol. The van der Waals surface area contributed by atoms with Gasteiger partial charge < -0.3 is 4.74 Å². The van der Waals surface area contributed by atoms with Crippen molar-refractivity contribution in [1.29, 1.82) is 0 Å². The van der Waals surface area contributed by atoms with Gasteiger partial charge in [0.1, 0.15) is 5.75 Å². The number of halogens is 4. The normalized spacial score (nSPS) is 13.2.